The van der Waals surface area contributed by atoms with Gasteiger partial charge in [0.2, 0.25) is 65.4 Å². The molecule has 12 atom stereocenters. The molecule has 1 aliphatic rings. The Labute approximate surface area is 616 Å². The van der Waals surface area contributed by atoms with E-state index in [1.807, 2.05) is 32.0 Å². The average molecular weight is 1500 g/mol. The van der Waals surface area contributed by atoms with Gasteiger partial charge in [0, 0.05) is 101 Å². The lowest BCUT2D eigenvalue weighted by atomic mass is 9.89. The van der Waals surface area contributed by atoms with Gasteiger partial charge in [0.1, 0.15) is 24.2 Å². The predicted octanol–water partition coefficient (Wildman–Crippen LogP) is 5.87. The molecular formula is C74H105N13O16S2. The second kappa shape index (κ2) is 37.9. The molecule has 8 amide bonds. The van der Waals surface area contributed by atoms with Crippen molar-refractivity contribution in [3.63, 3.8) is 0 Å². The van der Waals surface area contributed by atoms with Crippen molar-refractivity contribution in [2.24, 2.45) is 29.6 Å². The molecule has 0 spiro atoms. The van der Waals surface area contributed by atoms with Crippen LogP contribution in [0.1, 0.15) is 135 Å². The number of benzene rings is 3. The van der Waals surface area contributed by atoms with Gasteiger partial charge in [-0.15, -0.1) is 0 Å². The first-order chi connectivity index (χ1) is 49.4. The molecule has 1 fully saturated rings. The van der Waals surface area contributed by atoms with Crippen LogP contribution in [0, 0.1) is 29.6 Å². The van der Waals surface area contributed by atoms with Gasteiger partial charge >= 0.3 is 6.09 Å². The maximum absolute atomic E-state index is 15.0. The lowest BCUT2D eigenvalue weighted by molar-refractivity contribution is -0.148. The number of ether oxygens (including phenoxy) is 2. The number of carboxylic acid groups (broad SMARTS) is 1. The van der Waals surface area contributed by atoms with Crippen molar-refractivity contribution in [1.82, 2.24) is 61.2 Å². The molecule has 29 nitrogen and oxygen atoms in total. The van der Waals surface area contributed by atoms with Gasteiger partial charge < -0.3 is 61.4 Å². The van der Waals surface area contributed by atoms with Gasteiger partial charge in [-0.3, -0.25) is 38.5 Å². The number of carbonyl (C=O) groups is 8. The summed E-state index contributed by atoms with van der Waals surface area (Å²) < 4.78 is 60.7. The van der Waals surface area contributed by atoms with Crippen molar-refractivity contribution in [2.75, 3.05) is 59.2 Å². The van der Waals surface area contributed by atoms with Crippen LogP contribution in [-0.2, 0) is 70.9 Å². The predicted molar refractivity (Wildman–Crippen MR) is 395 cm³/mol. The smallest absolute Gasteiger partial charge is 0.407 e. The Balaban J connectivity index is 1.12. The standard InChI is InChI=1S/C74H105N13O16S2/c1-18-44(8)63(58(102-14)35-59(88)86-29-22-25-57(86)65(103-15)45(9)66(90)80-46(10)64(89)49-23-20-19-21-24-49)85(13)71(95)61(42(4)5)84-70(94)62(43(6)7)87(74(96)97)30-28-48-26-27-56(34-53(48)36-75-12)82-67(91)47(11)81-69(93)60(41(2)3)83-68(92)52-32-50(54-37-76-72(77-38-54)104(16,98)99)31-51(33-52)55-39-78-73(79-40-55)105(17,100)101/h19-21,23-24,26-27,31-34,37-47,57-58,60-65,75,89H,18,22,25,28-30,35-36H2,1-17H3,(H,80,90)(H,81,93)(H,82,91)(H,83,92)(H,84,94)(H,96,97)/t44-,45+,46+,47-,57-,58+,60-,61?,62?,63?,64+,65+/m0/s1. The maximum atomic E-state index is 15.0. The quantitative estimate of drug-likeness (QED) is 0.0217. The minimum atomic E-state index is -3.76. The molecule has 0 radical (unpaired) electrons. The van der Waals surface area contributed by atoms with E-state index in [2.05, 4.69) is 51.8 Å². The van der Waals surface area contributed by atoms with E-state index in [4.69, 9.17) is 9.47 Å². The molecule has 0 aliphatic carbocycles. The number of carbonyl (C=O) groups excluding carboxylic acids is 7. The number of amides is 8. The number of nitrogens with zero attached hydrogens (tertiary/aromatic N) is 7. The summed E-state index contributed by atoms with van der Waals surface area (Å²) in [5, 5.41) is 38.2. The van der Waals surface area contributed by atoms with Crippen LogP contribution in [0.25, 0.3) is 22.3 Å². The number of nitrogens with one attached hydrogen (secondary N) is 6. The molecule has 0 saturated carbocycles. The molecule has 5 aromatic rings. The summed E-state index contributed by atoms with van der Waals surface area (Å²) in [4.78, 5) is 134. The van der Waals surface area contributed by atoms with Crippen molar-refractivity contribution in [3.05, 3.63) is 114 Å². The van der Waals surface area contributed by atoms with E-state index >= 15 is 0 Å². The number of anilines is 1. The van der Waals surface area contributed by atoms with E-state index in [1.165, 1.54) is 63.0 Å². The molecule has 1 saturated heterocycles. The van der Waals surface area contributed by atoms with Crippen LogP contribution >= 0.6 is 0 Å². The Morgan fingerprint density at radius 3 is 1.73 bits per heavy atom. The molecule has 3 unspecified atom stereocenters. The van der Waals surface area contributed by atoms with Crippen LogP contribution in [0.3, 0.4) is 0 Å². The van der Waals surface area contributed by atoms with Crippen molar-refractivity contribution < 1.29 is 74.9 Å². The van der Waals surface area contributed by atoms with E-state index < -0.39 is 150 Å². The molecule has 2 aromatic heterocycles. The lowest BCUT2D eigenvalue weighted by Gasteiger charge is -2.41. The highest BCUT2D eigenvalue weighted by atomic mass is 32.2. The van der Waals surface area contributed by atoms with E-state index in [0.29, 0.717) is 70.4 Å². The highest BCUT2D eigenvalue weighted by molar-refractivity contribution is 7.90. The lowest BCUT2D eigenvalue weighted by Crippen LogP contribution is -2.60. The van der Waals surface area contributed by atoms with Gasteiger partial charge in [-0.05, 0) is 122 Å². The van der Waals surface area contributed by atoms with Crippen LogP contribution in [-0.4, -0.2) is 218 Å². The van der Waals surface area contributed by atoms with E-state index in [-0.39, 0.29) is 49.2 Å². The van der Waals surface area contributed by atoms with Crippen LogP contribution in [0.4, 0.5) is 10.5 Å². The normalized spacial score (nSPS) is 16.5. The Bertz CT molecular complexity index is 3980. The number of likely N-dealkylation sites (N-methyl/N-ethyl adjacent to an activating group) is 1. The van der Waals surface area contributed by atoms with Gasteiger partial charge in [0.05, 0.1) is 48.8 Å². The number of likely N-dealkylation sites (tertiary alicyclic amines) is 1. The van der Waals surface area contributed by atoms with Gasteiger partial charge in [-0.2, -0.15) is 0 Å². The van der Waals surface area contributed by atoms with Gasteiger partial charge in [0.15, 0.2) is 0 Å². The summed E-state index contributed by atoms with van der Waals surface area (Å²) in [5.41, 5.74) is 3.69. The molecule has 105 heavy (non-hydrogen) atoms. The monoisotopic (exact) mass is 1500 g/mol. The largest absolute Gasteiger partial charge is 0.465 e. The zero-order valence-electron chi connectivity index (χ0n) is 63.0. The Hall–Kier alpha value is -8.88. The minimum absolute atomic E-state index is 0.0218. The molecule has 8 N–H and O–H groups in total. The third kappa shape index (κ3) is 22.3. The second-order valence-electron chi connectivity index (χ2n) is 28.2. The number of rotatable bonds is 36. The first kappa shape index (κ1) is 85.1. The summed E-state index contributed by atoms with van der Waals surface area (Å²) in [6.07, 6.45) is 4.92. The number of hydrogen-bond acceptors (Lipinski definition) is 20. The third-order valence-electron chi connectivity index (χ3n) is 19.2. The molecule has 3 aromatic carbocycles. The van der Waals surface area contributed by atoms with Crippen LogP contribution in [0.5, 0.6) is 0 Å². The fraction of sp³-hybridized carbons (Fsp3) is 0.541. The minimum Gasteiger partial charge on any atom is -0.465 e. The Kier molecular flexibility index (Phi) is 30.7. The first-order valence-electron chi connectivity index (χ1n) is 35.2. The number of aliphatic hydroxyl groups excluding tert-OH is 1. The molecule has 1 aliphatic heterocycles. The van der Waals surface area contributed by atoms with Crippen molar-refractivity contribution >= 4 is 72.8 Å². The summed E-state index contributed by atoms with van der Waals surface area (Å²) in [6.45, 7) is 19.7. The highest BCUT2D eigenvalue weighted by Crippen LogP contribution is 2.32. The van der Waals surface area contributed by atoms with Gasteiger partial charge in [-0.1, -0.05) is 105 Å². The number of methoxy groups -OCH3 is 2. The van der Waals surface area contributed by atoms with Crippen LogP contribution in [0.2, 0.25) is 0 Å². The molecule has 0 bridgehead atoms. The number of aromatic nitrogens is 4. The number of aliphatic hydroxyl groups is 1. The van der Waals surface area contributed by atoms with Crippen molar-refractivity contribution in [1.29, 1.82) is 0 Å². The Morgan fingerprint density at radius 2 is 1.24 bits per heavy atom. The second-order valence-corrected chi connectivity index (χ2v) is 32.0. The van der Waals surface area contributed by atoms with Crippen LogP contribution in [0.15, 0.2) is 102 Å². The zero-order valence-corrected chi connectivity index (χ0v) is 64.7. The Morgan fingerprint density at radius 1 is 0.667 bits per heavy atom. The van der Waals surface area contributed by atoms with Crippen LogP contribution < -0.4 is 31.9 Å². The van der Waals surface area contributed by atoms with E-state index in [1.54, 1.807) is 111 Å². The molecule has 574 valence electrons. The SMILES string of the molecule is CC[C@H](C)C([C@@H](CC(=O)N1CCC[C@H]1[C@H](OC)[C@@H](C)C(=O)N[C@H](C)[C@@H](O)c1ccccc1)OC)N(C)C(=O)C(NC(=O)C(C(C)C)N(CCc1ccc(NC(=O)[C@H](C)NC(=O)[C@@H](NC(=O)c2cc(-c3cnc(S(C)(=O)=O)nc3)cc(-c3cnc(S(C)(=O)=O)nc3)c2)C(C)C)cc1CNC)C(=O)O)C(C)C. The highest BCUT2D eigenvalue weighted by Gasteiger charge is 2.44. The summed E-state index contributed by atoms with van der Waals surface area (Å²) in [7, 11) is -1.21. The van der Waals surface area contributed by atoms with Crippen molar-refractivity contribution in [2.45, 2.75) is 186 Å². The number of sulfone groups is 2. The van der Waals surface area contributed by atoms with Gasteiger partial charge in [-0.25, -0.2) is 41.6 Å². The third-order valence-corrected chi connectivity index (χ3v) is 20.9. The summed E-state index contributed by atoms with van der Waals surface area (Å²) in [5.74, 6) is -6.31. The average Bonchev–Trinajstić information content (AvgIpc) is 1.64. The van der Waals surface area contributed by atoms with E-state index in [0.717, 1.165) is 17.4 Å². The first-order valence-corrected chi connectivity index (χ1v) is 39.0. The van der Waals surface area contributed by atoms with Crippen molar-refractivity contribution in [3.8, 4) is 22.3 Å². The summed E-state index contributed by atoms with van der Waals surface area (Å²) in [6, 6.07) is 12.1. The molecule has 6 rings (SSSR count). The topological polar surface area (TPSA) is 397 Å². The van der Waals surface area contributed by atoms with Gasteiger partial charge in [0.25, 0.3) is 5.91 Å². The summed E-state index contributed by atoms with van der Waals surface area (Å²) >= 11 is 0. The van der Waals surface area contributed by atoms with E-state index in [9.17, 15) is 65.4 Å². The fourth-order valence-electron chi connectivity index (χ4n) is 13.1. The molecule has 3 heterocycles. The maximum Gasteiger partial charge on any atom is 0.407 e. The fourth-order valence-corrected chi connectivity index (χ4v) is 14.1. The zero-order chi connectivity index (χ0) is 78.1. The molecule has 31 heteroatoms. The molecular weight excluding hydrogens is 1390 g/mol. The number of hydrogen-bond donors (Lipinski definition) is 8.